The molecule has 1 aromatic heterocycles. The summed E-state index contributed by atoms with van der Waals surface area (Å²) >= 11 is 0. The molecule has 2 aliphatic rings. The second-order valence-corrected chi connectivity index (χ2v) is 8.17. The number of rotatable bonds is 5. The number of ether oxygens (including phenoxy) is 2. The van der Waals surface area contributed by atoms with Gasteiger partial charge in [0.15, 0.2) is 0 Å². The maximum Gasteiger partial charge on any atom is 0.118 e. The minimum atomic E-state index is 0.687. The zero-order chi connectivity index (χ0) is 19.8. The number of fused-ring (bicyclic) bond motifs is 2. The van der Waals surface area contributed by atoms with E-state index in [1.807, 2.05) is 18.3 Å². The van der Waals surface area contributed by atoms with Crippen LogP contribution < -0.4 is 9.47 Å². The van der Waals surface area contributed by atoms with Crippen molar-refractivity contribution in [1.82, 2.24) is 14.5 Å². The molecule has 5 rings (SSSR count). The Bertz CT molecular complexity index is 978. The summed E-state index contributed by atoms with van der Waals surface area (Å²) in [6.45, 7) is 4.36. The van der Waals surface area contributed by atoms with E-state index < -0.39 is 0 Å². The van der Waals surface area contributed by atoms with Gasteiger partial charge in [-0.05, 0) is 53.8 Å². The summed E-state index contributed by atoms with van der Waals surface area (Å²) in [5, 5.41) is 0. The molecule has 0 unspecified atom stereocenters. The highest BCUT2D eigenvalue weighted by molar-refractivity contribution is 5.60. The van der Waals surface area contributed by atoms with Crippen molar-refractivity contribution in [3.05, 3.63) is 66.1 Å². The van der Waals surface area contributed by atoms with Crippen LogP contribution >= 0.6 is 0 Å². The van der Waals surface area contributed by atoms with Gasteiger partial charge in [0, 0.05) is 38.2 Å². The molecule has 0 saturated carbocycles. The molecular formula is C24H27N3O2. The van der Waals surface area contributed by atoms with Gasteiger partial charge >= 0.3 is 0 Å². The first-order valence-electron chi connectivity index (χ1n) is 10.3. The maximum atomic E-state index is 5.29. The molecule has 0 bridgehead atoms. The molecule has 0 spiro atoms. The first kappa shape index (κ1) is 18.3. The molecule has 3 heterocycles. The summed E-state index contributed by atoms with van der Waals surface area (Å²) in [5.74, 6) is 4.42. The summed E-state index contributed by atoms with van der Waals surface area (Å²) in [5.41, 5.74) is 3.77. The molecule has 0 radical (unpaired) electrons. The number of hydrogen-bond acceptors (Lipinski definition) is 4. The van der Waals surface area contributed by atoms with E-state index in [4.69, 9.17) is 14.5 Å². The van der Waals surface area contributed by atoms with E-state index in [-0.39, 0.29) is 0 Å². The Morgan fingerprint density at radius 2 is 1.52 bits per heavy atom. The number of imidazole rings is 1. The van der Waals surface area contributed by atoms with Gasteiger partial charge in [-0.1, -0.05) is 12.1 Å². The number of likely N-dealkylation sites (tertiary alicyclic amines) is 1. The Morgan fingerprint density at radius 1 is 0.862 bits per heavy atom. The summed E-state index contributed by atoms with van der Waals surface area (Å²) in [7, 11) is 3.41. The average Bonchev–Trinajstić information content (AvgIpc) is 3.35. The topological polar surface area (TPSA) is 39.5 Å². The number of aromatic nitrogens is 2. The van der Waals surface area contributed by atoms with Crippen molar-refractivity contribution < 1.29 is 9.47 Å². The van der Waals surface area contributed by atoms with Crippen molar-refractivity contribution in [2.24, 2.45) is 11.8 Å². The Morgan fingerprint density at radius 3 is 2.21 bits per heavy atom. The van der Waals surface area contributed by atoms with Gasteiger partial charge in [0.2, 0.25) is 0 Å². The standard InChI is InChI=1S/C24H27N3O2/c1-28-21-7-3-17(4-8-21)13-26-14-19-11-24-25-12-23(27(24)16-20(19)15-26)18-5-9-22(29-2)10-6-18/h3-10,12,19-20H,11,13-16H2,1-2H3/t19-,20-/m1/s1. The molecule has 29 heavy (non-hydrogen) atoms. The summed E-state index contributed by atoms with van der Waals surface area (Å²) < 4.78 is 13.0. The molecule has 150 valence electrons. The second kappa shape index (κ2) is 7.56. The third-order valence-electron chi connectivity index (χ3n) is 6.40. The molecule has 0 amide bonds. The minimum absolute atomic E-state index is 0.687. The summed E-state index contributed by atoms with van der Waals surface area (Å²) in [6.07, 6.45) is 3.10. The van der Waals surface area contributed by atoms with Crippen molar-refractivity contribution in [3.8, 4) is 22.8 Å². The van der Waals surface area contributed by atoms with E-state index in [1.165, 1.54) is 22.6 Å². The quantitative estimate of drug-likeness (QED) is 0.664. The van der Waals surface area contributed by atoms with E-state index in [2.05, 4.69) is 45.9 Å². The number of methoxy groups -OCH3 is 2. The van der Waals surface area contributed by atoms with Crippen LogP contribution in [0.5, 0.6) is 11.5 Å². The average molecular weight is 389 g/mol. The molecule has 0 N–H and O–H groups in total. The van der Waals surface area contributed by atoms with Gasteiger partial charge in [-0.3, -0.25) is 4.90 Å². The number of nitrogens with zero attached hydrogens (tertiary/aromatic N) is 3. The Labute approximate surface area is 171 Å². The Balaban J connectivity index is 1.29. The minimum Gasteiger partial charge on any atom is -0.497 e. The fourth-order valence-corrected chi connectivity index (χ4v) is 4.83. The van der Waals surface area contributed by atoms with Crippen LogP contribution in [-0.4, -0.2) is 41.8 Å². The van der Waals surface area contributed by atoms with Crippen LogP contribution in [-0.2, 0) is 19.5 Å². The van der Waals surface area contributed by atoms with E-state index >= 15 is 0 Å². The summed E-state index contributed by atoms with van der Waals surface area (Å²) in [4.78, 5) is 7.36. The molecule has 5 nitrogen and oxygen atoms in total. The Kier molecular flexibility index (Phi) is 4.76. The fraction of sp³-hybridized carbons (Fsp3) is 0.375. The highest BCUT2D eigenvalue weighted by Gasteiger charge is 2.37. The van der Waals surface area contributed by atoms with Crippen LogP contribution in [0.2, 0.25) is 0 Å². The zero-order valence-electron chi connectivity index (χ0n) is 17.0. The zero-order valence-corrected chi connectivity index (χ0v) is 17.0. The lowest BCUT2D eigenvalue weighted by molar-refractivity contribution is 0.307. The largest absolute Gasteiger partial charge is 0.497 e. The SMILES string of the molecule is COc1ccc(CN2C[C@H]3Cc4ncc(-c5ccc(OC)cc5)n4C[C@H]3C2)cc1. The lowest BCUT2D eigenvalue weighted by Gasteiger charge is -2.27. The third-order valence-corrected chi connectivity index (χ3v) is 6.40. The van der Waals surface area contributed by atoms with Gasteiger partial charge in [0.25, 0.3) is 0 Å². The Hall–Kier alpha value is -2.79. The van der Waals surface area contributed by atoms with Gasteiger partial charge in [0.05, 0.1) is 26.1 Å². The van der Waals surface area contributed by atoms with Gasteiger partial charge < -0.3 is 14.0 Å². The van der Waals surface area contributed by atoms with E-state index in [9.17, 15) is 0 Å². The predicted molar refractivity (Wildman–Crippen MR) is 113 cm³/mol. The highest BCUT2D eigenvalue weighted by Crippen LogP contribution is 2.36. The molecule has 5 heteroatoms. The van der Waals surface area contributed by atoms with E-state index in [0.717, 1.165) is 44.1 Å². The highest BCUT2D eigenvalue weighted by atomic mass is 16.5. The smallest absolute Gasteiger partial charge is 0.118 e. The fourth-order valence-electron chi connectivity index (χ4n) is 4.83. The number of benzene rings is 2. The molecule has 1 fully saturated rings. The van der Waals surface area contributed by atoms with Crippen LogP contribution in [0.25, 0.3) is 11.3 Å². The molecule has 1 saturated heterocycles. The molecule has 2 aliphatic heterocycles. The molecule has 3 aromatic rings. The van der Waals surface area contributed by atoms with Crippen LogP contribution in [0, 0.1) is 11.8 Å². The summed E-state index contributed by atoms with van der Waals surface area (Å²) in [6, 6.07) is 16.7. The predicted octanol–water partition coefficient (Wildman–Crippen LogP) is 3.87. The van der Waals surface area contributed by atoms with Crippen molar-refractivity contribution in [2.45, 2.75) is 19.5 Å². The van der Waals surface area contributed by atoms with Crippen LogP contribution in [0.1, 0.15) is 11.4 Å². The second-order valence-electron chi connectivity index (χ2n) is 8.17. The first-order valence-corrected chi connectivity index (χ1v) is 10.3. The van der Waals surface area contributed by atoms with E-state index in [0.29, 0.717) is 11.8 Å². The normalized spacial score (nSPS) is 20.9. The van der Waals surface area contributed by atoms with Crippen molar-refractivity contribution in [2.75, 3.05) is 27.3 Å². The maximum absolute atomic E-state index is 5.29. The van der Waals surface area contributed by atoms with Crippen LogP contribution in [0.3, 0.4) is 0 Å². The molecular weight excluding hydrogens is 362 g/mol. The van der Waals surface area contributed by atoms with Crippen molar-refractivity contribution >= 4 is 0 Å². The number of hydrogen-bond donors (Lipinski definition) is 0. The van der Waals surface area contributed by atoms with Crippen molar-refractivity contribution in [1.29, 1.82) is 0 Å². The molecule has 0 aliphatic carbocycles. The molecule has 2 aromatic carbocycles. The van der Waals surface area contributed by atoms with Crippen molar-refractivity contribution in [3.63, 3.8) is 0 Å². The lowest BCUT2D eigenvalue weighted by atomic mass is 9.89. The van der Waals surface area contributed by atoms with Crippen LogP contribution in [0.15, 0.2) is 54.7 Å². The van der Waals surface area contributed by atoms with Crippen LogP contribution in [0.4, 0.5) is 0 Å². The van der Waals surface area contributed by atoms with Gasteiger partial charge in [-0.2, -0.15) is 0 Å². The molecule has 2 atom stereocenters. The first-order chi connectivity index (χ1) is 14.2. The van der Waals surface area contributed by atoms with E-state index in [1.54, 1.807) is 14.2 Å². The van der Waals surface area contributed by atoms with Gasteiger partial charge in [-0.15, -0.1) is 0 Å². The monoisotopic (exact) mass is 389 g/mol. The van der Waals surface area contributed by atoms with Gasteiger partial charge in [0.1, 0.15) is 17.3 Å². The third kappa shape index (κ3) is 3.51. The van der Waals surface area contributed by atoms with Gasteiger partial charge in [-0.25, -0.2) is 4.98 Å². The lowest BCUT2D eigenvalue weighted by Crippen LogP contribution is -2.28.